The standard InChI is InChI=1S/C14H14IN/c15-12-7-6-11-8-9-16(14(11)10-12)13-4-2-1-3-5-13/h1-6,10,12H,7-9H2. The van der Waals surface area contributed by atoms with Gasteiger partial charge in [0.1, 0.15) is 0 Å². The van der Waals surface area contributed by atoms with Crippen molar-refractivity contribution in [1.29, 1.82) is 0 Å². The second-order valence-corrected chi connectivity index (χ2v) is 5.87. The molecule has 1 nitrogen and oxygen atoms in total. The van der Waals surface area contributed by atoms with Gasteiger partial charge in [0, 0.05) is 21.9 Å². The van der Waals surface area contributed by atoms with Crippen molar-refractivity contribution < 1.29 is 0 Å². The number of hydrogen-bond donors (Lipinski definition) is 0. The largest absolute Gasteiger partial charge is 0.341 e. The van der Waals surface area contributed by atoms with Gasteiger partial charge < -0.3 is 4.90 Å². The molecule has 0 spiro atoms. The van der Waals surface area contributed by atoms with Crippen LogP contribution in [-0.2, 0) is 0 Å². The third kappa shape index (κ3) is 1.79. The molecule has 1 aliphatic heterocycles. The number of para-hydroxylation sites is 1. The van der Waals surface area contributed by atoms with Crippen molar-refractivity contribution in [2.24, 2.45) is 0 Å². The molecular weight excluding hydrogens is 309 g/mol. The zero-order chi connectivity index (χ0) is 11.0. The molecule has 1 unspecified atom stereocenters. The Balaban J connectivity index is 1.97. The third-order valence-corrected chi connectivity index (χ3v) is 4.09. The zero-order valence-corrected chi connectivity index (χ0v) is 11.2. The lowest BCUT2D eigenvalue weighted by molar-refractivity contribution is 1.00. The average Bonchev–Trinajstić information content (AvgIpc) is 2.73. The topological polar surface area (TPSA) is 3.24 Å². The Labute approximate surface area is 110 Å². The van der Waals surface area contributed by atoms with E-state index in [2.05, 4.69) is 70.0 Å². The molecule has 1 atom stereocenters. The monoisotopic (exact) mass is 323 g/mol. The normalized spacial score (nSPS) is 23.8. The molecule has 1 saturated heterocycles. The molecule has 1 heterocycles. The van der Waals surface area contributed by atoms with Crippen molar-refractivity contribution in [3.05, 3.63) is 53.8 Å². The number of rotatable bonds is 1. The van der Waals surface area contributed by atoms with Crippen LogP contribution in [0.2, 0.25) is 0 Å². The first-order valence-electron chi connectivity index (χ1n) is 5.72. The number of nitrogens with zero attached hydrogens (tertiary/aromatic N) is 1. The van der Waals surface area contributed by atoms with E-state index in [0.29, 0.717) is 3.92 Å². The van der Waals surface area contributed by atoms with E-state index in [9.17, 15) is 0 Å². The second-order valence-electron chi connectivity index (χ2n) is 4.27. The van der Waals surface area contributed by atoms with Crippen molar-refractivity contribution >= 4 is 28.3 Å². The van der Waals surface area contributed by atoms with E-state index in [1.165, 1.54) is 29.8 Å². The quantitative estimate of drug-likeness (QED) is 0.559. The lowest BCUT2D eigenvalue weighted by Crippen LogP contribution is -2.18. The predicted molar refractivity (Wildman–Crippen MR) is 77.0 cm³/mol. The minimum Gasteiger partial charge on any atom is -0.341 e. The van der Waals surface area contributed by atoms with E-state index in [1.807, 2.05) is 0 Å². The Bertz CT molecular complexity index is 447. The number of alkyl halides is 1. The van der Waals surface area contributed by atoms with Crippen LogP contribution in [0.4, 0.5) is 5.69 Å². The van der Waals surface area contributed by atoms with Gasteiger partial charge in [-0.15, -0.1) is 0 Å². The molecule has 0 amide bonds. The lowest BCUT2D eigenvalue weighted by Gasteiger charge is -2.23. The minimum atomic E-state index is 0.653. The third-order valence-electron chi connectivity index (χ3n) is 3.22. The summed E-state index contributed by atoms with van der Waals surface area (Å²) in [6.45, 7) is 1.13. The van der Waals surface area contributed by atoms with Crippen LogP contribution in [0.25, 0.3) is 0 Å². The first-order valence-corrected chi connectivity index (χ1v) is 6.97. The van der Waals surface area contributed by atoms with Crippen molar-refractivity contribution in [3.8, 4) is 0 Å². The van der Waals surface area contributed by atoms with Crippen LogP contribution in [0.1, 0.15) is 12.8 Å². The summed E-state index contributed by atoms with van der Waals surface area (Å²) in [5, 5.41) is 0. The molecule has 0 N–H and O–H groups in total. The Morgan fingerprint density at radius 3 is 2.81 bits per heavy atom. The van der Waals surface area contributed by atoms with Crippen LogP contribution < -0.4 is 4.90 Å². The first kappa shape index (κ1) is 10.4. The summed E-state index contributed by atoms with van der Waals surface area (Å²) >= 11 is 2.51. The zero-order valence-electron chi connectivity index (χ0n) is 9.07. The van der Waals surface area contributed by atoms with Crippen molar-refractivity contribution in [2.45, 2.75) is 16.8 Å². The summed E-state index contributed by atoms with van der Waals surface area (Å²) in [6.07, 6.45) is 7.22. The van der Waals surface area contributed by atoms with E-state index in [1.54, 1.807) is 0 Å². The summed E-state index contributed by atoms with van der Waals surface area (Å²) in [4.78, 5) is 2.44. The molecule has 0 aromatic heterocycles. The highest BCUT2D eigenvalue weighted by atomic mass is 127. The number of benzene rings is 1. The van der Waals surface area contributed by atoms with Crippen molar-refractivity contribution in [2.75, 3.05) is 11.4 Å². The summed E-state index contributed by atoms with van der Waals surface area (Å²) in [5.74, 6) is 0. The van der Waals surface area contributed by atoms with Gasteiger partial charge in [-0.1, -0.05) is 46.9 Å². The van der Waals surface area contributed by atoms with Gasteiger partial charge in [0.15, 0.2) is 0 Å². The Morgan fingerprint density at radius 1 is 1.19 bits per heavy atom. The van der Waals surface area contributed by atoms with E-state index in [4.69, 9.17) is 0 Å². The molecular formula is C14H14IN. The fourth-order valence-electron chi connectivity index (χ4n) is 2.43. The first-order chi connectivity index (χ1) is 7.84. The van der Waals surface area contributed by atoms with Gasteiger partial charge in [-0.2, -0.15) is 0 Å². The van der Waals surface area contributed by atoms with Crippen LogP contribution in [0, 0.1) is 0 Å². The Morgan fingerprint density at radius 2 is 2.00 bits per heavy atom. The molecule has 1 fully saturated rings. The van der Waals surface area contributed by atoms with Crippen LogP contribution in [0.15, 0.2) is 53.8 Å². The highest BCUT2D eigenvalue weighted by Crippen LogP contribution is 2.36. The SMILES string of the molecule is IC1C=C2C(=CC1)CCN2c1ccccc1. The minimum absolute atomic E-state index is 0.653. The highest BCUT2D eigenvalue weighted by Gasteiger charge is 2.26. The maximum Gasteiger partial charge on any atom is 0.0411 e. The molecule has 2 aliphatic rings. The molecule has 2 heteroatoms. The summed E-state index contributed by atoms with van der Waals surface area (Å²) in [6, 6.07) is 10.7. The van der Waals surface area contributed by atoms with E-state index in [-0.39, 0.29) is 0 Å². The summed E-state index contributed by atoms with van der Waals surface area (Å²) in [7, 11) is 0. The fourth-order valence-corrected chi connectivity index (χ4v) is 3.02. The smallest absolute Gasteiger partial charge is 0.0411 e. The van der Waals surface area contributed by atoms with Crippen molar-refractivity contribution in [3.63, 3.8) is 0 Å². The molecule has 3 rings (SSSR count). The second kappa shape index (κ2) is 4.24. The van der Waals surface area contributed by atoms with Crippen molar-refractivity contribution in [1.82, 2.24) is 0 Å². The van der Waals surface area contributed by atoms with Gasteiger partial charge in [-0.3, -0.25) is 0 Å². The molecule has 1 aliphatic carbocycles. The number of halogens is 1. The Hall–Kier alpha value is -0.770. The molecule has 1 aromatic carbocycles. The number of hydrogen-bond acceptors (Lipinski definition) is 1. The number of fused-ring (bicyclic) bond motifs is 1. The molecule has 1 aromatic rings. The van der Waals surface area contributed by atoms with Crippen LogP contribution in [0.3, 0.4) is 0 Å². The van der Waals surface area contributed by atoms with E-state index in [0.717, 1.165) is 6.54 Å². The van der Waals surface area contributed by atoms with Gasteiger partial charge in [0.2, 0.25) is 0 Å². The Kier molecular flexibility index (Phi) is 2.75. The maximum absolute atomic E-state index is 2.51. The molecule has 0 radical (unpaired) electrons. The highest BCUT2D eigenvalue weighted by molar-refractivity contribution is 14.1. The molecule has 16 heavy (non-hydrogen) atoms. The fraction of sp³-hybridized carbons (Fsp3) is 0.286. The molecule has 82 valence electrons. The van der Waals surface area contributed by atoms with Gasteiger partial charge in [0.05, 0.1) is 0 Å². The van der Waals surface area contributed by atoms with Crippen LogP contribution in [0.5, 0.6) is 0 Å². The average molecular weight is 323 g/mol. The van der Waals surface area contributed by atoms with Gasteiger partial charge >= 0.3 is 0 Å². The summed E-state index contributed by atoms with van der Waals surface area (Å²) in [5.41, 5.74) is 4.30. The lowest BCUT2D eigenvalue weighted by atomic mass is 10.0. The number of anilines is 1. The maximum atomic E-state index is 2.51. The predicted octanol–water partition coefficient (Wildman–Crippen LogP) is 3.91. The van der Waals surface area contributed by atoms with Gasteiger partial charge in [0.25, 0.3) is 0 Å². The summed E-state index contributed by atoms with van der Waals surface area (Å²) < 4.78 is 0.653. The van der Waals surface area contributed by atoms with Gasteiger partial charge in [-0.05, 0) is 36.6 Å². The van der Waals surface area contributed by atoms with Crippen LogP contribution in [-0.4, -0.2) is 10.5 Å². The van der Waals surface area contributed by atoms with Gasteiger partial charge in [-0.25, -0.2) is 0 Å². The molecule has 0 saturated carbocycles. The van der Waals surface area contributed by atoms with E-state index < -0.39 is 0 Å². The van der Waals surface area contributed by atoms with E-state index >= 15 is 0 Å². The van der Waals surface area contributed by atoms with Crippen LogP contribution >= 0.6 is 22.6 Å². The molecule has 0 bridgehead atoms. The number of allylic oxidation sites excluding steroid dienone is 3.